The molecule has 3 rings (SSSR count). The molecule has 6 nitrogen and oxygen atoms in total. The molecule has 1 aromatic heterocycles. The van der Waals surface area contributed by atoms with Gasteiger partial charge in [-0.1, -0.05) is 29.8 Å². The van der Waals surface area contributed by atoms with Gasteiger partial charge < -0.3 is 15.4 Å². The van der Waals surface area contributed by atoms with Gasteiger partial charge in [0.05, 0.1) is 11.1 Å². The predicted octanol–water partition coefficient (Wildman–Crippen LogP) is 3.21. The van der Waals surface area contributed by atoms with Crippen molar-refractivity contribution < 1.29 is 9.90 Å². The molecule has 1 amide bonds. The standard InChI is InChI=1S/C20H15ClN2O4/c1-11-4-2-3-5-15(11)22-17(24)9-8-14-18(25)13-7-6-12(21)10-16(13)23-20(27)19(14)26/h2-10,25H,1H3,(H,22,24)(H,23,26,27). The number of fused-ring (bicyclic) bond motifs is 1. The van der Waals surface area contributed by atoms with E-state index in [9.17, 15) is 19.5 Å². The zero-order chi connectivity index (χ0) is 19.6. The number of rotatable bonds is 3. The molecule has 3 aromatic rings. The summed E-state index contributed by atoms with van der Waals surface area (Å²) in [6, 6.07) is 11.6. The SMILES string of the molecule is Cc1ccccc1NC(=O)C=Cc1c(O)c2ccc(Cl)cc2[nH]c(=O)c1=O. The van der Waals surface area contributed by atoms with E-state index in [2.05, 4.69) is 10.3 Å². The van der Waals surface area contributed by atoms with Gasteiger partial charge in [0.2, 0.25) is 5.91 Å². The molecular formula is C20H15ClN2O4. The monoisotopic (exact) mass is 382 g/mol. The van der Waals surface area contributed by atoms with Crippen LogP contribution in [0.5, 0.6) is 5.75 Å². The van der Waals surface area contributed by atoms with E-state index in [1.807, 2.05) is 19.1 Å². The molecule has 0 atom stereocenters. The van der Waals surface area contributed by atoms with Gasteiger partial charge in [-0.25, -0.2) is 0 Å². The Bertz CT molecular complexity index is 1200. The number of anilines is 1. The third kappa shape index (κ3) is 3.91. The normalized spacial score (nSPS) is 11.0. The summed E-state index contributed by atoms with van der Waals surface area (Å²) in [7, 11) is 0. The lowest BCUT2D eigenvalue weighted by Crippen LogP contribution is -2.25. The Morgan fingerprint density at radius 2 is 1.93 bits per heavy atom. The highest BCUT2D eigenvalue weighted by Gasteiger charge is 2.11. The number of aromatic nitrogens is 1. The third-order valence-corrected chi connectivity index (χ3v) is 4.23. The van der Waals surface area contributed by atoms with Gasteiger partial charge in [-0.3, -0.25) is 14.4 Å². The van der Waals surface area contributed by atoms with Crippen LogP contribution in [-0.4, -0.2) is 16.0 Å². The Morgan fingerprint density at radius 3 is 2.67 bits per heavy atom. The average Bonchev–Trinajstić information content (AvgIpc) is 2.71. The first-order valence-electron chi connectivity index (χ1n) is 8.00. The van der Waals surface area contributed by atoms with Crippen molar-refractivity contribution in [3.8, 4) is 5.75 Å². The summed E-state index contributed by atoms with van der Waals surface area (Å²) in [5.41, 5.74) is -0.465. The van der Waals surface area contributed by atoms with E-state index >= 15 is 0 Å². The molecular weight excluding hydrogens is 368 g/mol. The van der Waals surface area contributed by atoms with Gasteiger partial charge in [0.15, 0.2) is 0 Å². The second kappa shape index (κ2) is 7.47. The lowest BCUT2D eigenvalue weighted by molar-refractivity contribution is -0.111. The Balaban J connectivity index is 2.04. The molecule has 0 saturated heterocycles. The largest absolute Gasteiger partial charge is 0.506 e. The van der Waals surface area contributed by atoms with Crippen molar-refractivity contribution in [2.75, 3.05) is 5.32 Å². The number of carbonyl (C=O) groups excluding carboxylic acids is 1. The van der Waals surface area contributed by atoms with Crippen LogP contribution in [0.15, 0.2) is 58.1 Å². The highest BCUT2D eigenvalue weighted by molar-refractivity contribution is 6.31. The molecule has 7 heteroatoms. The molecule has 0 radical (unpaired) electrons. The van der Waals surface area contributed by atoms with Crippen molar-refractivity contribution in [1.82, 2.24) is 4.98 Å². The first kappa shape index (κ1) is 18.4. The molecule has 0 aliphatic heterocycles. The molecule has 27 heavy (non-hydrogen) atoms. The van der Waals surface area contributed by atoms with E-state index < -0.39 is 22.6 Å². The van der Waals surface area contributed by atoms with Crippen LogP contribution in [0.4, 0.5) is 5.69 Å². The second-order valence-corrected chi connectivity index (χ2v) is 6.31. The Labute approximate surface area is 158 Å². The van der Waals surface area contributed by atoms with Crippen LogP contribution in [0.1, 0.15) is 11.1 Å². The Hall–Kier alpha value is -3.38. The Morgan fingerprint density at radius 1 is 1.19 bits per heavy atom. The number of aromatic amines is 1. The van der Waals surface area contributed by atoms with Crippen LogP contribution in [0, 0.1) is 6.92 Å². The zero-order valence-electron chi connectivity index (χ0n) is 14.2. The maximum Gasteiger partial charge on any atom is 0.296 e. The molecule has 2 aromatic carbocycles. The molecule has 0 aliphatic rings. The van der Waals surface area contributed by atoms with Crippen molar-refractivity contribution in [1.29, 1.82) is 0 Å². The number of para-hydroxylation sites is 1. The topological polar surface area (TPSA) is 99.3 Å². The van der Waals surface area contributed by atoms with Crippen LogP contribution >= 0.6 is 11.6 Å². The van der Waals surface area contributed by atoms with Gasteiger partial charge in [0, 0.05) is 22.2 Å². The molecule has 0 fully saturated rings. The van der Waals surface area contributed by atoms with Gasteiger partial charge in [-0.2, -0.15) is 0 Å². The first-order chi connectivity index (χ1) is 12.9. The summed E-state index contributed by atoms with van der Waals surface area (Å²) in [6.07, 6.45) is 2.21. The fourth-order valence-electron chi connectivity index (χ4n) is 2.58. The maximum atomic E-state index is 12.3. The van der Waals surface area contributed by atoms with Crippen LogP contribution in [0.2, 0.25) is 5.02 Å². The fraction of sp³-hybridized carbons (Fsp3) is 0.0500. The fourth-order valence-corrected chi connectivity index (χ4v) is 2.75. The number of halogens is 1. The van der Waals surface area contributed by atoms with Crippen molar-refractivity contribution in [3.05, 3.63) is 85.3 Å². The maximum absolute atomic E-state index is 12.3. The minimum atomic E-state index is -0.959. The van der Waals surface area contributed by atoms with Crippen molar-refractivity contribution in [2.45, 2.75) is 6.92 Å². The number of carbonyl (C=O) groups is 1. The molecule has 0 saturated carbocycles. The number of amides is 1. The lowest BCUT2D eigenvalue weighted by atomic mass is 10.1. The number of aryl methyl sites for hydroxylation is 1. The summed E-state index contributed by atoms with van der Waals surface area (Å²) in [5.74, 6) is -0.914. The highest BCUT2D eigenvalue weighted by atomic mass is 35.5. The average molecular weight is 383 g/mol. The van der Waals surface area contributed by atoms with E-state index in [0.717, 1.165) is 17.7 Å². The summed E-state index contributed by atoms with van der Waals surface area (Å²) in [5, 5.41) is 13.7. The van der Waals surface area contributed by atoms with Gasteiger partial charge in [-0.15, -0.1) is 0 Å². The number of nitrogens with one attached hydrogen (secondary N) is 2. The molecule has 1 heterocycles. The second-order valence-electron chi connectivity index (χ2n) is 5.87. The van der Waals surface area contributed by atoms with Crippen LogP contribution in [0.25, 0.3) is 17.0 Å². The van der Waals surface area contributed by atoms with Gasteiger partial charge in [0.25, 0.3) is 11.0 Å². The van der Waals surface area contributed by atoms with Crippen molar-refractivity contribution in [3.63, 3.8) is 0 Å². The zero-order valence-corrected chi connectivity index (χ0v) is 15.0. The molecule has 136 valence electrons. The first-order valence-corrected chi connectivity index (χ1v) is 8.38. The molecule has 0 aliphatic carbocycles. The third-order valence-electron chi connectivity index (χ3n) is 4.00. The van der Waals surface area contributed by atoms with E-state index in [1.165, 1.54) is 18.2 Å². The number of benzene rings is 2. The highest BCUT2D eigenvalue weighted by Crippen LogP contribution is 2.26. The minimum absolute atomic E-state index is 0.214. The minimum Gasteiger partial charge on any atom is -0.506 e. The summed E-state index contributed by atoms with van der Waals surface area (Å²) in [4.78, 5) is 38.9. The van der Waals surface area contributed by atoms with Gasteiger partial charge in [0.1, 0.15) is 5.75 Å². The summed E-state index contributed by atoms with van der Waals surface area (Å²) in [6.45, 7) is 1.84. The lowest BCUT2D eigenvalue weighted by Gasteiger charge is -2.05. The van der Waals surface area contributed by atoms with Crippen molar-refractivity contribution in [2.24, 2.45) is 0 Å². The van der Waals surface area contributed by atoms with Crippen LogP contribution < -0.4 is 16.3 Å². The van der Waals surface area contributed by atoms with Gasteiger partial charge >= 0.3 is 0 Å². The smallest absolute Gasteiger partial charge is 0.296 e. The quantitative estimate of drug-likeness (QED) is 0.478. The van der Waals surface area contributed by atoms with Gasteiger partial charge in [-0.05, 0) is 42.8 Å². The number of hydrogen-bond acceptors (Lipinski definition) is 4. The molecule has 0 spiro atoms. The number of hydrogen-bond donors (Lipinski definition) is 3. The summed E-state index contributed by atoms with van der Waals surface area (Å²) < 4.78 is 0. The molecule has 0 bridgehead atoms. The number of aromatic hydroxyl groups is 1. The molecule has 0 unspecified atom stereocenters. The number of H-pyrrole nitrogens is 1. The van der Waals surface area contributed by atoms with Crippen molar-refractivity contribution >= 4 is 40.2 Å². The van der Waals surface area contributed by atoms with E-state index in [4.69, 9.17) is 11.6 Å². The van der Waals surface area contributed by atoms with E-state index in [1.54, 1.807) is 12.1 Å². The van der Waals surface area contributed by atoms with E-state index in [0.29, 0.717) is 10.7 Å². The summed E-state index contributed by atoms with van der Waals surface area (Å²) >= 11 is 5.89. The van der Waals surface area contributed by atoms with Crippen LogP contribution in [-0.2, 0) is 4.79 Å². The van der Waals surface area contributed by atoms with E-state index in [-0.39, 0.29) is 16.5 Å². The van der Waals surface area contributed by atoms with Crippen LogP contribution in [0.3, 0.4) is 0 Å². The molecule has 3 N–H and O–H groups in total. The predicted molar refractivity (Wildman–Crippen MR) is 106 cm³/mol. The Kier molecular flexibility index (Phi) is 5.09.